The molecule has 6 heteroatoms. The molecule has 2 N–H and O–H groups in total. The number of nitrogens with one attached hydrogen (secondary N) is 2. The summed E-state index contributed by atoms with van der Waals surface area (Å²) in [4.78, 5) is 28.4. The molecule has 1 saturated heterocycles. The number of carbonyl (C=O) groups excluding carboxylic acids is 2. The second-order valence-electron chi connectivity index (χ2n) is 6.72. The Morgan fingerprint density at radius 3 is 2.86 bits per heavy atom. The van der Waals surface area contributed by atoms with Crippen LogP contribution in [0.2, 0.25) is 0 Å². The summed E-state index contributed by atoms with van der Waals surface area (Å²) >= 11 is 0. The highest BCUT2D eigenvalue weighted by molar-refractivity contribution is 5.95. The third-order valence-corrected chi connectivity index (χ3v) is 3.55. The van der Waals surface area contributed by atoms with Crippen LogP contribution < -0.4 is 5.32 Å². The zero-order chi connectivity index (χ0) is 16.2. The number of rotatable bonds is 5. The first kappa shape index (κ1) is 16.5. The molecule has 0 unspecified atom stereocenters. The lowest BCUT2D eigenvalue weighted by Crippen LogP contribution is -2.36. The van der Waals surface area contributed by atoms with E-state index in [-0.39, 0.29) is 11.9 Å². The van der Waals surface area contributed by atoms with Crippen molar-refractivity contribution in [2.75, 3.05) is 26.2 Å². The van der Waals surface area contributed by atoms with E-state index in [2.05, 4.69) is 10.3 Å². The fourth-order valence-electron chi connectivity index (χ4n) is 2.48. The predicted octanol–water partition coefficient (Wildman–Crippen LogP) is 2.04. The van der Waals surface area contributed by atoms with Gasteiger partial charge >= 0.3 is 6.09 Å². The molecule has 0 aliphatic carbocycles. The summed E-state index contributed by atoms with van der Waals surface area (Å²) in [6.07, 6.45) is 2.42. The molecule has 1 fully saturated rings. The molecule has 1 aliphatic heterocycles. The van der Waals surface area contributed by atoms with E-state index in [0.717, 1.165) is 13.0 Å². The van der Waals surface area contributed by atoms with Gasteiger partial charge in [-0.2, -0.15) is 0 Å². The van der Waals surface area contributed by atoms with Crippen LogP contribution in [0, 0.1) is 5.92 Å². The van der Waals surface area contributed by atoms with Crippen molar-refractivity contribution in [1.29, 1.82) is 0 Å². The number of aromatic amines is 1. The quantitative estimate of drug-likeness (QED) is 0.816. The van der Waals surface area contributed by atoms with Gasteiger partial charge in [-0.25, -0.2) is 4.79 Å². The molecule has 1 aliphatic rings. The highest BCUT2D eigenvalue weighted by Gasteiger charge is 2.29. The first-order valence-corrected chi connectivity index (χ1v) is 7.70. The molecule has 22 heavy (non-hydrogen) atoms. The zero-order valence-corrected chi connectivity index (χ0v) is 13.5. The summed E-state index contributed by atoms with van der Waals surface area (Å²) in [6.45, 7) is 8.03. The summed E-state index contributed by atoms with van der Waals surface area (Å²) in [7, 11) is 0. The lowest BCUT2D eigenvalue weighted by atomic mass is 10.1. The number of aromatic nitrogens is 1. The molecule has 2 heterocycles. The van der Waals surface area contributed by atoms with E-state index < -0.39 is 5.60 Å². The van der Waals surface area contributed by atoms with E-state index in [9.17, 15) is 9.59 Å². The number of Topliss-reactive ketones (excluding diaryl/α,β-unsaturated/α-hetero) is 1. The summed E-state index contributed by atoms with van der Waals surface area (Å²) < 4.78 is 5.37. The van der Waals surface area contributed by atoms with Crippen molar-refractivity contribution in [1.82, 2.24) is 15.2 Å². The van der Waals surface area contributed by atoms with Crippen LogP contribution in [0.4, 0.5) is 4.79 Å². The molecule has 0 bridgehead atoms. The van der Waals surface area contributed by atoms with Crippen molar-refractivity contribution >= 4 is 11.9 Å². The number of ketones is 1. The Morgan fingerprint density at radius 1 is 1.45 bits per heavy atom. The van der Waals surface area contributed by atoms with Crippen LogP contribution in [-0.4, -0.2) is 53.5 Å². The van der Waals surface area contributed by atoms with Crippen LogP contribution in [-0.2, 0) is 4.74 Å². The van der Waals surface area contributed by atoms with Crippen molar-refractivity contribution < 1.29 is 14.3 Å². The monoisotopic (exact) mass is 307 g/mol. The molecule has 0 saturated carbocycles. The van der Waals surface area contributed by atoms with Crippen LogP contribution in [0.3, 0.4) is 0 Å². The van der Waals surface area contributed by atoms with Gasteiger partial charge in [0.1, 0.15) is 5.60 Å². The summed E-state index contributed by atoms with van der Waals surface area (Å²) in [5.41, 5.74) is 0.157. The van der Waals surface area contributed by atoms with E-state index in [1.807, 2.05) is 26.8 Å². The van der Waals surface area contributed by atoms with Crippen molar-refractivity contribution in [2.24, 2.45) is 5.92 Å². The number of H-pyrrole nitrogens is 1. The number of nitrogens with zero attached hydrogens (tertiary/aromatic N) is 1. The van der Waals surface area contributed by atoms with Gasteiger partial charge < -0.3 is 19.9 Å². The van der Waals surface area contributed by atoms with E-state index in [4.69, 9.17) is 4.74 Å². The number of carbonyl (C=O) groups is 2. The highest BCUT2D eigenvalue weighted by Crippen LogP contribution is 2.18. The average molecular weight is 307 g/mol. The molecular formula is C16H25N3O3. The molecule has 0 spiro atoms. The van der Waals surface area contributed by atoms with Gasteiger partial charge in [0.05, 0.1) is 12.2 Å². The number of likely N-dealkylation sites (tertiary alicyclic amines) is 1. The Morgan fingerprint density at radius 2 is 2.23 bits per heavy atom. The fraction of sp³-hybridized carbons (Fsp3) is 0.625. The van der Waals surface area contributed by atoms with E-state index in [0.29, 0.717) is 31.2 Å². The Hall–Kier alpha value is -1.82. The average Bonchev–Trinajstić information content (AvgIpc) is 3.08. The van der Waals surface area contributed by atoms with Gasteiger partial charge in [-0.05, 0) is 45.2 Å². The van der Waals surface area contributed by atoms with Gasteiger partial charge in [0.2, 0.25) is 0 Å². The van der Waals surface area contributed by atoms with Gasteiger partial charge in [0, 0.05) is 25.8 Å². The van der Waals surface area contributed by atoms with Gasteiger partial charge in [-0.3, -0.25) is 4.79 Å². The normalized spacial score (nSPS) is 18.5. The van der Waals surface area contributed by atoms with Gasteiger partial charge in [0.25, 0.3) is 0 Å². The first-order chi connectivity index (χ1) is 10.3. The number of hydrogen-bond donors (Lipinski definition) is 2. The maximum atomic E-state index is 12.0. The Balaban J connectivity index is 1.68. The maximum Gasteiger partial charge on any atom is 0.410 e. The number of ether oxygens (including phenoxy) is 1. The molecule has 6 nitrogen and oxygen atoms in total. The van der Waals surface area contributed by atoms with Crippen LogP contribution in [0.1, 0.15) is 37.7 Å². The van der Waals surface area contributed by atoms with Crippen LogP contribution in [0.15, 0.2) is 18.3 Å². The topological polar surface area (TPSA) is 74.4 Å². The molecule has 1 atom stereocenters. The number of amides is 1. The molecule has 0 aromatic carbocycles. The smallest absolute Gasteiger partial charge is 0.410 e. The minimum absolute atomic E-state index is 0.0481. The fourth-order valence-corrected chi connectivity index (χ4v) is 2.48. The minimum Gasteiger partial charge on any atom is -0.444 e. The second-order valence-corrected chi connectivity index (χ2v) is 6.72. The second kappa shape index (κ2) is 6.96. The Labute approximate surface area is 131 Å². The first-order valence-electron chi connectivity index (χ1n) is 7.70. The molecule has 122 valence electrons. The lowest BCUT2D eigenvalue weighted by Gasteiger charge is -2.24. The Bertz CT molecular complexity index is 505. The van der Waals surface area contributed by atoms with Crippen LogP contribution in [0.5, 0.6) is 0 Å². The largest absolute Gasteiger partial charge is 0.444 e. The standard InChI is InChI=1S/C16H25N3O3/c1-16(2,3)22-15(21)19-8-6-12(11-19)9-17-10-14(20)13-5-4-7-18-13/h4-5,7,12,17-18H,6,8-11H2,1-3H3/t12-/m1/s1. The van der Waals surface area contributed by atoms with E-state index >= 15 is 0 Å². The van der Waals surface area contributed by atoms with Gasteiger partial charge in [-0.1, -0.05) is 0 Å². The molecule has 0 radical (unpaired) electrons. The third-order valence-electron chi connectivity index (χ3n) is 3.55. The summed E-state index contributed by atoms with van der Waals surface area (Å²) in [5.74, 6) is 0.413. The van der Waals surface area contributed by atoms with Crippen LogP contribution in [0.25, 0.3) is 0 Å². The van der Waals surface area contributed by atoms with Crippen molar-refractivity contribution in [2.45, 2.75) is 32.8 Å². The Kier molecular flexibility index (Phi) is 5.24. The van der Waals surface area contributed by atoms with Crippen LogP contribution >= 0.6 is 0 Å². The van der Waals surface area contributed by atoms with Gasteiger partial charge in [0.15, 0.2) is 5.78 Å². The summed E-state index contributed by atoms with van der Waals surface area (Å²) in [5, 5.41) is 3.17. The van der Waals surface area contributed by atoms with E-state index in [1.165, 1.54) is 0 Å². The maximum absolute atomic E-state index is 12.0. The van der Waals surface area contributed by atoms with Gasteiger partial charge in [-0.15, -0.1) is 0 Å². The predicted molar refractivity (Wildman–Crippen MR) is 83.9 cm³/mol. The van der Waals surface area contributed by atoms with Crippen molar-refractivity contribution in [3.05, 3.63) is 24.0 Å². The molecule has 1 amide bonds. The summed E-state index contributed by atoms with van der Waals surface area (Å²) in [6, 6.07) is 3.58. The van der Waals surface area contributed by atoms with Crippen molar-refractivity contribution in [3.63, 3.8) is 0 Å². The molecule has 1 aromatic heterocycles. The highest BCUT2D eigenvalue weighted by atomic mass is 16.6. The molecule has 2 rings (SSSR count). The lowest BCUT2D eigenvalue weighted by molar-refractivity contribution is 0.0288. The number of hydrogen-bond acceptors (Lipinski definition) is 4. The molecule has 1 aromatic rings. The SMILES string of the molecule is CC(C)(C)OC(=O)N1CC[C@H](CNCC(=O)c2ccc[nH]2)C1. The minimum atomic E-state index is -0.462. The van der Waals surface area contributed by atoms with Crippen molar-refractivity contribution in [3.8, 4) is 0 Å². The molecular weight excluding hydrogens is 282 g/mol. The van der Waals surface area contributed by atoms with E-state index in [1.54, 1.807) is 17.2 Å². The zero-order valence-electron chi connectivity index (χ0n) is 13.5. The third kappa shape index (κ3) is 4.87.